The number of nitrogens with zero attached hydrogens (tertiary/aromatic N) is 5. The zero-order valence-corrected chi connectivity index (χ0v) is 13.2. The van der Waals surface area contributed by atoms with Gasteiger partial charge in [-0.15, -0.1) is 0 Å². The second-order valence-corrected chi connectivity index (χ2v) is 6.30. The number of fused-ring (bicyclic) bond motifs is 1. The van der Waals surface area contributed by atoms with Gasteiger partial charge in [-0.25, -0.2) is 15.0 Å². The zero-order chi connectivity index (χ0) is 16.7. The lowest BCUT2D eigenvalue weighted by molar-refractivity contribution is -0.0511. The molecule has 2 aromatic rings. The van der Waals surface area contributed by atoms with E-state index < -0.39 is 24.5 Å². The molecule has 0 saturated carbocycles. The molecular weight excluding hydrogens is 314 g/mol. The molecule has 0 spiro atoms. The Morgan fingerprint density at radius 2 is 1.88 bits per heavy atom. The van der Waals surface area contributed by atoms with Gasteiger partial charge in [0, 0.05) is 13.1 Å². The van der Waals surface area contributed by atoms with Gasteiger partial charge in [0.25, 0.3) is 0 Å². The monoisotopic (exact) mass is 335 g/mol. The van der Waals surface area contributed by atoms with Gasteiger partial charge in [0.2, 0.25) is 0 Å². The van der Waals surface area contributed by atoms with Gasteiger partial charge >= 0.3 is 0 Å². The van der Waals surface area contributed by atoms with E-state index in [4.69, 9.17) is 4.74 Å². The molecule has 2 aliphatic rings. The smallest absolute Gasteiger partial charge is 0.167 e. The van der Waals surface area contributed by atoms with Gasteiger partial charge in [-0.05, 0) is 19.3 Å². The number of hydrogen-bond acceptors (Lipinski definition) is 8. The summed E-state index contributed by atoms with van der Waals surface area (Å²) in [7, 11) is 0. The maximum atomic E-state index is 10.2. The van der Waals surface area contributed by atoms with E-state index in [0.717, 1.165) is 31.7 Å². The SMILES string of the molecule is OC[C@H]1O[C@H](n2cnc3c(N4CCCCC4)ncnc32)[C@H](O)[C@H]1O. The van der Waals surface area contributed by atoms with Crippen LogP contribution in [0.2, 0.25) is 0 Å². The van der Waals surface area contributed by atoms with Crippen LogP contribution in [0.1, 0.15) is 25.5 Å². The molecule has 3 N–H and O–H groups in total. The molecule has 0 amide bonds. The van der Waals surface area contributed by atoms with Crippen LogP contribution in [0.15, 0.2) is 12.7 Å². The average molecular weight is 335 g/mol. The molecule has 4 atom stereocenters. The van der Waals surface area contributed by atoms with E-state index in [0.29, 0.717) is 11.2 Å². The highest BCUT2D eigenvalue weighted by molar-refractivity contribution is 5.83. The van der Waals surface area contributed by atoms with Crippen LogP contribution in [0.25, 0.3) is 11.2 Å². The predicted molar refractivity (Wildman–Crippen MR) is 84.4 cm³/mol. The third kappa shape index (κ3) is 2.44. The van der Waals surface area contributed by atoms with E-state index in [1.165, 1.54) is 19.1 Å². The molecule has 24 heavy (non-hydrogen) atoms. The van der Waals surface area contributed by atoms with Crippen molar-refractivity contribution in [3.05, 3.63) is 12.7 Å². The summed E-state index contributed by atoms with van der Waals surface area (Å²) in [6.45, 7) is 1.51. The molecule has 0 radical (unpaired) electrons. The van der Waals surface area contributed by atoms with Crippen LogP contribution in [0, 0.1) is 0 Å². The molecule has 0 aliphatic carbocycles. The van der Waals surface area contributed by atoms with E-state index in [1.54, 1.807) is 4.57 Å². The number of imidazole rings is 1. The fourth-order valence-electron chi connectivity index (χ4n) is 3.47. The van der Waals surface area contributed by atoms with Crippen LogP contribution >= 0.6 is 0 Å². The van der Waals surface area contributed by atoms with Gasteiger partial charge in [-0.1, -0.05) is 0 Å². The fraction of sp³-hybridized carbons (Fsp3) is 0.667. The van der Waals surface area contributed by atoms with Gasteiger partial charge in [-0.3, -0.25) is 4.57 Å². The first kappa shape index (κ1) is 15.7. The molecule has 4 heterocycles. The van der Waals surface area contributed by atoms with E-state index in [2.05, 4.69) is 19.9 Å². The lowest BCUT2D eigenvalue weighted by Crippen LogP contribution is -2.33. The van der Waals surface area contributed by atoms with Crippen LogP contribution in [-0.4, -0.2) is 72.8 Å². The Hall–Kier alpha value is -1.81. The Balaban J connectivity index is 1.71. The predicted octanol–water partition coefficient (Wildman–Crippen LogP) is -0.572. The minimum atomic E-state index is -1.16. The van der Waals surface area contributed by atoms with Gasteiger partial charge in [0.1, 0.15) is 24.6 Å². The molecule has 130 valence electrons. The van der Waals surface area contributed by atoms with Crippen molar-refractivity contribution in [1.82, 2.24) is 19.5 Å². The zero-order valence-electron chi connectivity index (χ0n) is 13.2. The third-order valence-corrected chi connectivity index (χ3v) is 4.79. The number of aliphatic hydroxyl groups is 3. The van der Waals surface area contributed by atoms with E-state index in [1.807, 2.05) is 0 Å². The van der Waals surface area contributed by atoms with Crippen molar-refractivity contribution < 1.29 is 20.1 Å². The van der Waals surface area contributed by atoms with Crippen molar-refractivity contribution in [2.45, 2.75) is 43.8 Å². The Morgan fingerprint density at radius 3 is 2.58 bits per heavy atom. The van der Waals surface area contributed by atoms with Gasteiger partial charge in [0.05, 0.1) is 12.9 Å². The molecule has 2 saturated heterocycles. The van der Waals surface area contributed by atoms with E-state index >= 15 is 0 Å². The maximum Gasteiger partial charge on any atom is 0.167 e. The molecular formula is C15H21N5O4. The number of aromatic nitrogens is 4. The van der Waals surface area contributed by atoms with Crippen LogP contribution < -0.4 is 4.90 Å². The Labute approximate surface area is 138 Å². The topological polar surface area (TPSA) is 117 Å². The third-order valence-electron chi connectivity index (χ3n) is 4.79. The largest absolute Gasteiger partial charge is 0.394 e. The first-order chi connectivity index (χ1) is 11.7. The second-order valence-electron chi connectivity index (χ2n) is 6.30. The first-order valence-corrected chi connectivity index (χ1v) is 8.25. The minimum Gasteiger partial charge on any atom is -0.394 e. The molecule has 4 rings (SSSR count). The summed E-state index contributed by atoms with van der Waals surface area (Å²) in [4.78, 5) is 15.3. The van der Waals surface area contributed by atoms with Crippen molar-refractivity contribution >= 4 is 17.0 Å². The summed E-state index contributed by atoms with van der Waals surface area (Å²) < 4.78 is 7.16. The number of ether oxygens (including phenoxy) is 1. The molecule has 9 heteroatoms. The lowest BCUT2D eigenvalue weighted by atomic mass is 10.1. The number of aliphatic hydroxyl groups excluding tert-OH is 3. The standard InChI is InChI=1S/C15H21N5O4/c21-6-9-11(22)12(23)15(24-9)20-8-18-10-13(16-7-17-14(10)20)19-4-2-1-3-5-19/h7-9,11-12,15,21-23H,1-6H2/t9-,11+,12-,15+/m1/s1. The highest BCUT2D eigenvalue weighted by Crippen LogP contribution is 2.33. The van der Waals surface area contributed by atoms with Gasteiger partial charge in [0.15, 0.2) is 23.2 Å². The van der Waals surface area contributed by atoms with Gasteiger partial charge < -0.3 is 25.0 Å². The van der Waals surface area contributed by atoms with Crippen LogP contribution in [-0.2, 0) is 4.74 Å². The quantitative estimate of drug-likeness (QED) is 0.683. The molecule has 2 aromatic heterocycles. The fourth-order valence-corrected chi connectivity index (χ4v) is 3.47. The summed E-state index contributed by atoms with van der Waals surface area (Å²) in [5, 5.41) is 29.4. The number of hydrogen-bond donors (Lipinski definition) is 3. The van der Waals surface area contributed by atoms with Crippen LogP contribution in [0.4, 0.5) is 5.82 Å². The van der Waals surface area contributed by atoms with E-state index in [-0.39, 0.29) is 6.61 Å². The average Bonchev–Trinajstić information content (AvgIpc) is 3.17. The maximum absolute atomic E-state index is 10.2. The second kappa shape index (κ2) is 6.25. The Bertz CT molecular complexity index is 717. The van der Waals surface area contributed by atoms with Gasteiger partial charge in [-0.2, -0.15) is 0 Å². The number of rotatable bonds is 3. The molecule has 9 nitrogen and oxygen atoms in total. The van der Waals surface area contributed by atoms with Crippen molar-refractivity contribution in [3.63, 3.8) is 0 Å². The van der Waals surface area contributed by atoms with Crippen molar-refractivity contribution in [2.75, 3.05) is 24.6 Å². The van der Waals surface area contributed by atoms with Crippen molar-refractivity contribution in [2.24, 2.45) is 0 Å². The highest BCUT2D eigenvalue weighted by atomic mass is 16.6. The summed E-state index contributed by atoms with van der Waals surface area (Å²) in [6.07, 6.45) is 2.51. The number of anilines is 1. The number of piperidine rings is 1. The molecule has 0 bridgehead atoms. The molecule has 2 aliphatic heterocycles. The first-order valence-electron chi connectivity index (χ1n) is 8.25. The lowest BCUT2D eigenvalue weighted by Gasteiger charge is -2.27. The summed E-state index contributed by atoms with van der Waals surface area (Å²) >= 11 is 0. The van der Waals surface area contributed by atoms with Crippen molar-refractivity contribution in [3.8, 4) is 0 Å². The van der Waals surface area contributed by atoms with Crippen LogP contribution in [0.3, 0.4) is 0 Å². The highest BCUT2D eigenvalue weighted by Gasteiger charge is 2.44. The van der Waals surface area contributed by atoms with E-state index in [9.17, 15) is 15.3 Å². The van der Waals surface area contributed by atoms with Crippen LogP contribution in [0.5, 0.6) is 0 Å². The molecule has 2 fully saturated rings. The van der Waals surface area contributed by atoms with Crippen molar-refractivity contribution in [1.29, 1.82) is 0 Å². The summed E-state index contributed by atoms with van der Waals surface area (Å²) in [5.41, 5.74) is 1.19. The molecule has 0 unspecified atom stereocenters. The normalized spacial score (nSPS) is 31.0. The minimum absolute atomic E-state index is 0.366. The Kier molecular flexibility index (Phi) is 4.09. The summed E-state index contributed by atoms with van der Waals surface area (Å²) in [6, 6.07) is 0. The summed E-state index contributed by atoms with van der Waals surface area (Å²) in [5.74, 6) is 0.783. The molecule has 0 aromatic carbocycles. The Morgan fingerprint density at radius 1 is 1.08 bits per heavy atom.